The van der Waals surface area contributed by atoms with Crippen LogP contribution in [-0.2, 0) is 0 Å². The van der Waals surface area contributed by atoms with Crippen molar-refractivity contribution in [2.75, 3.05) is 0 Å². The third kappa shape index (κ3) is 2.34. The van der Waals surface area contributed by atoms with Crippen LogP contribution in [-0.4, -0.2) is 31.3 Å². The zero-order valence-corrected chi connectivity index (χ0v) is 9.77. The number of aromatic nitrogens is 3. The largest absolute Gasteiger partial charge is 0.504 e. The maximum absolute atomic E-state index is 9.31. The van der Waals surface area contributed by atoms with Gasteiger partial charge in [-0.25, -0.2) is 0 Å². The molecule has 1 aromatic carbocycles. The van der Waals surface area contributed by atoms with Gasteiger partial charge in [-0.15, -0.1) is 0 Å². The second-order valence-corrected chi connectivity index (χ2v) is 3.77. The summed E-state index contributed by atoms with van der Waals surface area (Å²) in [7, 11) is 0. The molecule has 0 unspecified atom stereocenters. The van der Waals surface area contributed by atoms with Gasteiger partial charge in [0.05, 0.1) is 6.21 Å². The van der Waals surface area contributed by atoms with Crippen molar-refractivity contribution >= 4 is 18.4 Å². The molecule has 17 heavy (non-hydrogen) atoms. The van der Waals surface area contributed by atoms with Crippen LogP contribution >= 0.6 is 12.2 Å². The van der Waals surface area contributed by atoms with Gasteiger partial charge in [-0.2, -0.15) is 14.9 Å². The van der Waals surface area contributed by atoms with Crippen molar-refractivity contribution < 1.29 is 10.2 Å². The molecule has 88 valence electrons. The highest BCUT2D eigenvalue weighted by atomic mass is 32.1. The molecule has 0 fully saturated rings. The van der Waals surface area contributed by atoms with E-state index in [9.17, 15) is 5.11 Å². The average molecular weight is 250 g/mol. The van der Waals surface area contributed by atoms with Gasteiger partial charge < -0.3 is 10.2 Å². The summed E-state index contributed by atoms with van der Waals surface area (Å²) in [6.45, 7) is 1.76. The Morgan fingerprint density at radius 2 is 2.18 bits per heavy atom. The first-order chi connectivity index (χ1) is 8.08. The molecule has 0 aliphatic heterocycles. The highest BCUT2D eigenvalue weighted by Gasteiger charge is 2.00. The Kier molecular flexibility index (Phi) is 2.92. The van der Waals surface area contributed by atoms with Crippen LogP contribution in [0.3, 0.4) is 0 Å². The molecule has 0 aliphatic carbocycles. The molecule has 2 rings (SSSR count). The van der Waals surface area contributed by atoms with Gasteiger partial charge in [0, 0.05) is 0 Å². The summed E-state index contributed by atoms with van der Waals surface area (Å²) in [5, 5.41) is 29.1. The van der Waals surface area contributed by atoms with Gasteiger partial charge in [-0.3, -0.25) is 5.10 Å². The highest BCUT2D eigenvalue weighted by molar-refractivity contribution is 7.71. The third-order valence-electron chi connectivity index (χ3n) is 2.13. The Bertz CT molecular complexity index is 629. The predicted molar refractivity (Wildman–Crippen MR) is 64.9 cm³/mol. The molecule has 2 aromatic rings. The van der Waals surface area contributed by atoms with E-state index in [0.29, 0.717) is 16.2 Å². The van der Waals surface area contributed by atoms with E-state index in [2.05, 4.69) is 15.3 Å². The molecule has 0 radical (unpaired) electrons. The van der Waals surface area contributed by atoms with Gasteiger partial charge in [0.25, 0.3) is 0 Å². The first kappa shape index (κ1) is 11.3. The number of aryl methyl sites for hydroxylation is 1. The SMILES string of the molecule is Cc1n[nH]c(=S)n1/N=C/c1ccc(O)c(O)c1. The number of phenols is 2. The number of nitrogens with one attached hydrogen (secondary N) is 1. The lowest BCUT2D eigenvalue weighted by molar-refractivity contribution is 0.403. The Hall–Kier alpha value is -2.15. The number of aromatic hydroxyl groups is 2. The van der Waals surface area contributed by atoms with Crippen molar-refractivity contribution in [2.24, 2.45) is 5.10 Å². The van der Waals surface area contributed by atoms with E-state index >= 15 is 0 Å². The highest BCUT2D eigenvalue weighted by Crippen LogP contribution is 2.23. The van der Waals surface area contributed by atoms with Gasteiger partial charge >= 0.3 is 0 Å². The van der Waals surface area contributed by atoms with Gasteiger partial charge in [-0.05, 0) is 42.9 Å². The molecule has 3 N–H and O–H groups in total. The minimum Gasteiger partial charge on any atom is -0.504 e. The van der Waals surface area contributed by atoms with E-state index in [4.69, 9.17) is 17.3 Å². The van der Waals surface area contributed by atoms with Crippen LogP contribution < -0.4 is 0 Å². The molecule has 7 heteroatoms. The summed E-state index contributed by atoms with van der Waals surface area (Å²) in [5.41, 5.74) is 0.641. The van der Waals surface area contributed by atoms with Crippen LogP contribution in [0.25, 0.3) is 0 Å². The second kappa shape index (κ2) is 4.38. The molecule has 0 saturated carbocycles. The van der Waals surface area contributed by atoms with Crippen molar-refractivity contribution in [1.82, 2.24) is 14.9 Å². The maximum atomic E-state index is 9.31. The number of phenolic OH excluding ortho intramolecular Hbond substituents is 2. The molecule has 1 heterocycles. The first-order valence-electron chi connectivity index (χ1n) is 4.78. The molecule has 0 aliphatic rings. The Labute approximate surface area is 102 Å². The lowest BCUT2D eigenvalue weighted by Gasteiger charge is -1.98. The number of aromatic amines is 1. The summed E-state index contributed by atoms with van der Waals surface area (Å²) in [6.07, 6.45) is 1.51. The second-order valence-electron chi connectivity index (χ2n) is 3.38. The van der Waals surface area contributed by atoms with Gasteiger partial charge in [-0.1, -0.05) is 0 Å². The van der Waals surface area contributed by atoms with Gasteiger partial charge in [0.15, 0.2) is 11.5 Å². The van der Waals surface area contributed by atoms with Crippen LogP contribution in [0.4, 0.5) is 0 Å². The Morgan fingerprint density at radius 3 is 2.76 bits per heavy atom. The topological polar surface area (TPSA) is 86.4 Å². The quantitative estimate of drug-likeness (QED) is 0.428. The van der Waals surface area contributed by atoms with Crippen LogP contribution in [0, 0.1) is 11.7 Å². The lowest BCUT2D eigenvalue weighted by atomic mass is 10.2. The monoisotopic (exact) mass is 250 g/mol. The van der Waals surface area contributed by atoms with Gasteiger partial charge in [0.1, 0.15) is 5.82 Å². The molecule has 1 aromatic heterocycles. The fraction of sp³-hybridized carbons (Fsp3) is 0.100. The molecule has 0 spiro atoms. The summed E-state index contributed by atoms with van der Waals surface area (Å²) in [4.78, 5) is 0. The normalized spacial score (nSPS) is 11.1. The number of H-pyrrole nitrogens is 1. The summed E-state index contributed by atoms with van der Waals surface area (Å²) in [5.74, 6) is 0.272. The smallest absolute Gasteiger partial charge is 0.216 e. The van der Waals surface area contributed by atoms with Crippen molar-refractivity contribution in [1.29, 1.82) is 0 Å². The van der Waals surface area contributed by atoms with E-state index < -0.39 is 0 Å². The summed E-state index contributed by atoms with van der Waals surface area (Å²) >= 11 is 4.98. The Balaban J connectivity index is 2.32. The van der Waals surface area contributed by atoms with E-state index in [-0.39, 0.29) is 11.5 Å². The number of hydrogen-bond acceptors (Lipinski definition) is 5. The van der Waals surface area contributed by atoms with Crippen molar-refractivity contribution in [2.45, 2.75) is 6.92 Å². The fourth-order valence-corrected chi connectivity index (χ4v) is 1.48. The summed E-state index contributed by atoms with van der Waals surface area (Å²) in [6, 6.07) is 4.41. The molecule has 0 amide bonds. The van der Waals surface area contributed by atoms with E-state index in [1.165, 1.54) is 23.0 Å². The number of hydrogen-bond donors (Lipinski definition) is 3. The molecular weight excluding hydrogens is 240 g/mol. The first-order valence-corrected chi connectivity index (χ1v) is 5.19. The van der Waals surface area contributed by atoms with E-state index in [1.807, 2.05) is 0 Å². The zero-order valence-electron chi connectivity index (χ0n) is 8.95. The third-order valence-corrected chi connectivity index (χ3v) is 2.40. The Morgan fingerprint density at radius 1 is 1.41 bits per heavy atom. The predicted octanol–water partition coefficient (Wildman–Crippen LogP) is 1.54. The maximum Gasteiger partial charge on any atom is 0.216 e. The van der Waals surface area contributed by atoms with Crippen LogP contribution in [0.5, 0.6) is 11.5 Å². The minimum atomic E-state index is -0.193. The van der Waals surface area contributed by atoms with Crippen LogP contribution in [0.15, 0.2) is 23.3 Å². The van der Waals surface area contributed by atoms with Crippen molar-refractivity contribution in [3.63, 3.8) is 0 Å². The molecule has 0 saturated heterocycles. The summed E-state index contributed by atoms with van der Waals surface area (Å²) < 4.78 is 1.85. The van der Waals surface area contributed by atoms with Gasteiger partial charge in [0.2, 0.25) is 4.77 Å². The van der Waals surface area contributed by atoms with E-state index in [0.717, 1.165) is 0 Å². The number of nitrogens with zero attached hydrogens (tertiary/aromatic N) is 3. The molecular formula is C10H10N4O2S. The number of benzene rings is 1. The lowest BCUT2D eigenvalue weighted by Crippen LogP contribution is -1.93. The van der Waals surface area contributed by atoms with Crippen molar-refractivity contribution in [3.05, 3.63) is 34.4 Å². The minimum absolute atomic E-state index is 0.168. The van der Waals surface area contributed by atoms with Crippen LogP contribution in [0.2, 0.25) is 0 Å². The average Bonchev–Trinajstić information content (AvgIpc) is 2.61. The van der Waals surface area contributed by atoms with Crippen molar-refractivity contribution in [3.8, 4) is 11.5 Å². The standard InChI is InChI=1S/C10H10N4O2S/c1-6-12-13-10(17)14(6)11-5-7-2-3-8(15)9(16)4-7/h2-5,15-16H,1H3,(H,13,17)/b11-5+. The molecule has 0 atom stereocenters. The zero-order chi connectivity index (χ0) is 12.4. The number of rotatable bonds is 2. The fourth-order valence-electron chi connectivity index (χ4n) is 1.25. The van der Waals surface area contributed by atoms with Crippen LogP contribution in [0.1, 0.15) is 11.4 Å². The molecule has 6 nitrogen and oxygen atoms in total. The van der Waals surface area contributed by atoms with E-state index in [1.54, 1.807) is 13.0 Å². The molecule has 0 bridgehead atoms.